The van der Waals surface area contributed by atoms with Crippen molar-refractivity contribution in [2.24, 2.45) is 0 Å². The molecule has 1 atom stereocenters. The maximum Gasteiger partial charge on any atom is 0.128 e. The third kappa shape index (κ3) is 3.66. The van der Waals surface area contributed by atoms with Gasteiger partial charge in [0.2, 0.25) is 0 Å². The topological polar surface area (TPSA) is 49.7 Å². The molecule has 0 aliphatic heterocycles. The Morgan fingerprint density at radius 1 is 1.12 bits per heavy atom. The third-order valence-electron chi connectivity index (χ3n) is 2.68. The van der Waals surface area contributed by atoms with Gasteiger partial charge in [0.15, 0.2) is 0 Å². The lowest BCUT2D eigenvalue weighted by molar-refractivity contribution is -0.677. The number of nitrogens with two attached hydrogens (primary N) is 1. The molecule has 0 fully saturated rings. The molecular formula is C14H17N2O+. The van der Waals surface area contributed by atoms with Crippen molar-refractivity contribution in [2.75, 3.05) is 6.54 Å². The van der Waals surface area contributed by atoms with Crippen molar-refractivity contribution in [3.8, 4) is 0 Å². The zero-order valence-corrected chi connectivity index (χ0v) is 9.66. The van der Waals surface area contributed by atoms with E-state index in [1.807, 2.05) is 48.7 Å². The van der Waals surface area contributed by atoms with Gasteiger partial charge in [-0.1, -0.05) is 36.4 Å². The maximum absolute atomic E-state index is 9.95. The zero-order valence-electron chi connectivity index (χ0n) is 9.66. The predicted octanol–water partition coefficient (Wildman–Crippen LogP) is 0.879. The Kier molecular flexibility index (Phi) is 4.24. The molecule has 3 N–H and O–H groups in total. The summed E-state index contributed by atoms with van der Waals surface area (Å²) in [5.74, 6) is 0. The quantitative estimate of drug-likeness (QED) is 0.799. The molecule has 88 valence electrons. The van der Waals surface area contributed by atoms with Crippen LogP contribution in [0, 0.1) is 0 Å². The molecule has 0 saturated carbocycles. The molecule has 2 rings (SSSR count). The summed E-state index contributed by atoms with van der Waals surface area (Å²) in [6, 6.07) is 13.7. The van der Waals surface area contributed by atoms with Crippen LogP contribution in [0.15, 0.2) is 54.9 Å². The number of quaternary nitrogens is 1. The highest BCUT2D eigenvalue weighted by Crippen LogP contribution is 2.08. The van der Waals surface area contributed by atoms with Crippen molar-refractivity contribution in [1.82, 2.24) is 4.98 Å². The van der Waals surface area contributed by atoms with Gasteiger partial charge in [-0.3, -0.25) is 4.98 Å². The van der Waals surface area contributed by atoms with E-state index in [0.717, 1.165) is 12.1 Å². The second-order valence-corrected chi connectivity index (χ2v) is 4.02. The molecule has 0 saturated heterocycles. The Balaban J connectivity index is 1.79. The summed E-state index contributed by atoms with van der Waals surface area (Å²) in [7, 11) is 0. The minimum atomic E-state index is -0.409. The lowest BCUT2D eigenvalue weighted by Crippen LogP contribution is -2.83. The molecule has 0 spiro atoms. The fourth-order valence-corrected chi connectivity index (χ4v) is 1.74. The van der Waals surface area contributed by atoms with E-state index in [9.17, 15) is 5.11 Å². The first-order chi connectivity index (χ1) is 8.36. The normalized spacial score (nSPS) is 12.3. The van der Waals surface area contributed by atoms with Gasteiger partial charge in [-0.05, 0) is 11.6 Å². The number of rotatable bonds is 5. The Bertz CT molecular complexity index is 430. The molecule has 1 heterocycles. The highest BCUT2D eigenvalue weighted by atomic mass is 16.3. The number of nitrogens with zero attached hydrogens (tertiary/aromatic N) is 1. The van der Waals surface area contributed by atoms with Crippen molar-refractivity contribution in [3.05, 3.63) is 66.0 Å². The zero-order chi connectivity index (χ0) is 11.9. The average molecular weight is 229 g/mol. The number of aromatic nitrogens is 1. The molecule has 0 radical (unpaired) electrons. The Morgan fingerprint density at radius 2 is 1.94 bits per heavy atom. The first-order valence-electron chi connectivity index (χ1n) is 5.80. The van der Waals surface area contributed by atoms with Gasteiger partial charge in [-0.15, -0.1) is 0 Å². The second kappa shape index (κ2) is 6.13. The van der Waals surface area contributed by atoms with Crippen LogP contribution in [0.5, 0.6) is 0 Å². The second-order valence-electron chi connectivity index (χ2n) is 4.02. The van der Waals surface area contributed by atoms with Gasteiger partial charge < -0.3 is 10.4 Å². The Labute approximate surface area is 101 Å². The number of benzene rings is 1. The standard InChI is InChI=1S/C14H16N2O/c17-14(13-6-2-1-3-7-13)11-16-10-12-5-4-8-15-9-12/h1-9,14,16-17H,10-11H2/p+1/t14-/m1/s1. The number of aliphatic hydroxyl groups is 1. The summed E-state index contributed by atoms with van der Waals surface area (Å²) in [6.45, 7) is 1.51. The first kappa shape index (κ1) is 11.8. The van der Waals surface area contributed by atoms with Gasteiger partial charge in [-0.2, -0.15) is 0 Å². The summed E-state index contributed by atoms with van der Waals surface area (Å²) in [5, 5.41) is 12.0. The molecule has 1 aromatic carbocycles. The van der Waals surface area contributed by atoms with Crippen molar-refractivity contribution in [2.45, 2.75) is 12.6 Å². The molecule has 3 heteroatoms. The fraction of sp³-hybridized carbons (Fsp3) is 0.214. The molecule has 0 bridgehead atoms. The minimum Gasteiger partial charge on any atom is -0.382 e. The van der Waals surface area contributed by atoms with Gasteiger partial charge in [0.25, 0.3) is 0 Å². The average Bonchev–Trinajstić information content (AvgIpc) is 2.41. The monoisotopic (exact) mass is 229 g/mol. The molecule has 3 nitrogen and oxygen atoms in total. The van der Waals surface area contributed by atoms with Crippen LogP contribution in [-0.2, 0) is 6.54 Å². The van der Waals surface area contributed by atoms with Crippen LogP contribution in [-0.4, -0.2) is 16.6 Å². The molecule has 1 aromatic heterocycles. The highest BCUT2D eigenvalue weighted by molar-refractivity contribution is 5.17. The predicted molar refractivity (Wildman–Crippen MR) is 66.1 cm³/mol. The van der Waals surface area contributed by atoms with Crippen LogP contribution in [0.4, 0.5) is 0 Å². The van der Waals surface area contributed by atoms with E-state index in [2.05, 4.69) is 10.3 Å². The molecule has 17 heavy (non-hydrogen) atoms. The fourth-order valence-electron chi connectivity index (χ4n) is 1.74. The number of aliphatic hydroxyl groups excluding tert-OH is 1. The van der Waals surface area contributed by atoms with E-state index < -0.39 is 6.10 Å². The largest absolute Gasteiger partial charge is 0.382 e. The maximum atomic E-state index is 9.95. The molecular weight excluding hydrogens is 212 g/mol. The van der Waals surface area contributed by atoms with Crippen LogP contribution < -0.4 is 5.32 Å². The summed E-state index contributed by atoms with van der Waals surface area (Å²) in [4.78, 5) is 4.06. The Hall–Kier alpha value is -1.71. The van der Waals surface area contributed by atoms with E-state index in [1.165, 1.54) is 5.56 Å². The molecule has 0 amide bonds. The molecule has 0 aliphatic rings. The smallest absolute Gasteiger partial charge is 0.128 e. The van der Waals surface area contributed by atoms with Crippen LogP contribution in [0.1, 0.15) is 17.2 Å². The van der Waals surface area contributed by atoms with E-state index in [4.69, 9.17) is 0 Å². The lowest BCUT2D eigenvalue weighted by Gasteiger charge is -2.09. The summed E-state index contributed by atoms with van der Waals surface area (Å²) >= 11 is 0. The van der Waals surface area contributed by atoms with Crippen molar-refractivity contribution < 1.29 is 10.4 Å². The molecule has 0 aliphatic carbocycles. The summed E-state index contributed by atoms with van der Waals surface area (Å²) in [6.07, 6.45) is 3.21. The van der Waals surface area contributed by atoms with Crippen molar-refractivity contribution in [1.29, 1.82) is 0 Å². The van der Waals surface area contributed by atoms with Gasteiger partial charge in [0.1, 0.15) is 19.2 Å². The van der Waals surface area contributed by atoms with Gasteiger partial charge in [0, 0.05) is 18.0 Å². The number of hydrogen-bond acceptors (Lipinski definition) is 2. The van der Waals surface area contributed by atoms with Crippen LogP contribution in [0.3, 0.4) is 0 Å². The van der Waals surface area contributed by atoms with Gasteiger partial charge in [-0.25, -0.2) is 0 Å². The van der Waals surface area contributed by atoms with E-state index >= 15 is 0 Å². The van der Waals surface area contributed by atoms with Crippen LogP contribution >= 0.6 is 0 Å². The SMILES string of the molecule is O[C@H](C[NH2+]Cc1cccnc1)c1ccccc1. The molecule has 0 unspecified atom stereocenters. The molecule has 2 aromatic rings. The van der Waals surface area contributed by atoms with Gasteiger partial charge >= 0.3 is 0 Å². The van der Waals surface area contributed by atoms with Crippen LogP contribution in [0.25, 0.3) is 0 Å². The Morgan fingerprint density at radius 3 is 2.65 bits per heavy atom. The number of hydrogen-bond donors (Lipinski definition) is 2. The van der Waals surface area contributed by atoms with E-state index in [1.54, 1.807) is 6.20 Å². The minimum absolute atomic E-state index is 0.409. The van der Waals surface area contributed by atoms with Crippen LogP contribution in [0.2, 0.25) is 0 Å². The van der Waals surface area contributed by atoms with Crippen molar-refractivity contribution in [3.63, 3.8) is 0 Å². The number of pyridine rings is 1. The summed E-state index contributed by atoms with van der Waals surface area (Å²) < 4.78 is 0. The lowest BCUT2D eigenvalue weighted by atomic mass is 10.1. The first-order valence-corrected chi connectivity index (χ1v) is 5.80. The van der Waals surface area contributed by atoms with Crippen molar-refractivity contribution >= 4 is 0 Å². The summed E-state index contributed by atoms with van der Waals surface area (Å²) in [5.41, 5.74) is 2.14. The highest BCUT2D eigenvalue weighted by Gasteiger charge is 2.08. The van der Waals surface area contributed by atoms with E-state index in [-0.39, 0.29) is 0 Å². The van der Waals surface area contributed by atoms with Gasteiger partial charge in [0.05, 0.1) is 0 Å². The third-order valence-corrected chi connectivity index (χ3v) is 2.68. The van der Waals surface area contributed by atoms with E-state index in [0.29, 0.717) is 6.54 Å².